The van der Waals surface area contributed by atoms with Gasteiger partial charge in [0.1, 0.15) is 5.82 Å². The van der Waals surface area contributed by atoms with Crippen LogP contribution in [0.5, 0.6) is 0 Å². The molecule has 1 atom stereocenters. The van der Waals surface area contributed by atoms with Crippen molar-refractivity contribution in [2.75, 3.05) is 0 Å². The number of carbonyl (C=O) groups is 1. The zero-order valence-corrected chi connectivity index (χ0v) is 13.6. The summed E-state index contributed by atoms with van der Waals surface area (Å²) < 4.78 is 13.4. The summed E-state index contributed by atoms with van der Waals surface area (Å²) in [4.78, 5) is 12.3. The Balaban J connectivity index is 2.09. The highest BCUT2D eigenvalue weighted by Gasteiger charge is 2.30. The van der Waals surface area contributed by atoms with Gasteiger partial charge in [0.2, 0.25) is 5.91 Å². The predicted molar refractivity (Wildman–Crippen MR) is 88.2 cm³/mol. The number of halogens is 1. The van der Waals surface area contributed by atoms with Crippen LogP contribution in [0.15, 0.2) is 54.6 Å². The molecule has 2 aromatic rings. The largest absolute Gasteiger partial charge is 0.385 e. The molecule has 1 unspecified atom stereocenters. The van der Waals surface area contributed by atoms with E-state index in [4.69, 9.17) is 0 Å². The highest BCUT2D eigenvalue weighted by atomic mass is 19.1. The lowest BCUT2D eigenvalue weighted by molar-refractivity contribution is -0.127. The third kappa shape index (κ3) is 4.39. The number of aliphatic hydroxyl groups is 1. The first-order valence-corrected chi connectivity index (χ1v) is 7.56. The number of benzene rings is 2. The molecule has 2 aromatic carbocycles. The summed E-state index contributed by atoms with van der Waals surface area (Å²) in [7, 11) is 0. The van der Waals surface area contributed by atoms with Gasteiger partial charge in [-0.15, -0.1) is 0 Å². The summed E-state index contributed by atoms with van der Waals surface area (Å²) in [5.41, 5.74) is -0.640. The van der Waals surface area contributed by atoms with Crippen molar-refractivity contribution in [3.8, 4) is 0 Å². The molecule has 0 bridgehead atoms. The van der Waals surface area contributed by atoms with Gasteiger partial charge in [0.05, 0.1) is 17.6 Å². The van der Waals surface area contributed by atoms with E-state index >= 15 is 0 Å². The smallest absolute Gasteiger partial charge is 0.223 e. The van der Waals surface area contributed by atoms with E-state index in [2.05, 4.69) is 5.32 Å². The second-order valence-electron chi connectivity index (χ2n) is 6.50. The minimum Gasteiger partial charge on any atom is -0.385 e. The van der Waals surface area contributed by atoms with E-state index in [1.54, 1.807) is 45.0 Å². The summed E-state index contributed by atoms with van der Waals surface area (Å²) in [6.07, 6.45) is -0.0737. The van der Waals surface area contributed by atoms with Crippen molar-refractivity contribution < 1.29 is 14.3 Å². The summed E-state index contributed by atoms with van der Waals surface area (Å²) >= 11 is 0. The normalized spacial score (nSPS) is 14.1. The molecule has 0 spiro atoms. The number of carbonyl (C=O) groups excluding carboxylic acids is 1. The lowest BCUT2D eigenvalue weighted by atomic mass is 9.90. The Hall–Kier alpha value is -2.20. The fourth-order valence-corrected chi connectivity index (χ4v) is 2.55. The number of amides is 1. The van der Waals surface area contributed by atoms with Crippen molar-refractivity contribution in [2.24, 2.45) is 0 Å². The first-order chi connectivity index (χ1) is 10.7. The van der Waals surface area contributed by atoms with E-state index in [1.165, 1.54) is 12.1 Å². The lowest BCUT2D eigenvalue weighted by Gasteiger charge is -2.30. The fraction of sp³-hybridized carbons (Fsp3) is 0.316. The number of rotatable bonds is 5. The zero-order valence-electron chi connectivity index (χ0n) is 13.6. The first kappa shape index (κ1) is 17.2. The van der Waals surface area contributed by atoms with Crippen molar-refractivity contribution in [1.29, 1.82) is 0 Å². The first-order valence-electron chi connectivity index (χ1n) is 7.56. The van der Waals surface area contributed by atoms with Crippen LogP contribution in [-0.2, 0) is 15.9 Å². The Kier molecular flexibility index (Phi) is 4.85. The van der Waals surface area contributed by atoms with Crippen molar-refractivity contribution in [3.05, 3.63) is 71.5 Å². The van der Waals surface area contributed by atoms with Gasteiger partial charge in [0, 0.05) is 0 Å². The molecular formula is C19H22FNO2. The molecule has 0 aliphatic rings. The van der Waals surface area contributed by atoms with Crippen molar-refractivity contribution in [3.63, 3.8) is 0 Å². The predicted octanol–water partition coefficient (Wildman–Crippen LogP) is 3.47. The number of hydrogen-bond donors (Lipinski definition) is 2. The Morgan fingerprint density at radius 1 is 1.04 bits per heavy atom. The van der Waals surface area contributed by atoms with Gasteiger partial charge in [-0.1, -0.05) is 42.5 Å². The summed E-state index contributed by atoms with van der Waals surface area (Å²) in [5, 5.41) is 13.4. The maximum Gasteiger partial charge on any atom is 0.223 e. The van der Waals surface area contributed by atoms with Crippen LogP contribution < -0.4 is 5.32 Å². The van der Waals surface area contributed by atoms with Gasteiger partial charge in [-0.3, -0.25) is 4.79 Å². The van der Waals surface area contributed by atoms with Gasteiger partial charge in [-0.25, -0.2) is 4.39 Å². The highest BCUT2D eigenvalue weighted by molar-refractivity contribution is 5.78. The summed E-state index contributed by atoms with van der Waals surface area (Å²) in [6.45, 7) is 5.21. The molecule has 0 fully saturated rings. The average Bonchev–Trinajstić information content (AvgIpc) is 2.47. The average molecular weight is 315 g/mol. The molecule has 0 heterocycles. The molecule has 4 heteroatoms. The van der Waals surface area contributed by atoms with Crippen molar-refractivity contribution in [2.45, 2.75) is 38.3 Å². The Morgan fingerprint density at radius 2 is 1.65 bits per heavy atom. The molecule has 1 amide bonds. The SMILES string of the molecule is CC(O)(CC(=O)NC(C)(C)c1cccc(F)c1)c1ccccc1. The summed E-state index contributed by atoms with van der Waals surface area (Å²) in [5.74, 6) is -0.644. The van der Waals surface area contributed by atoms with Gasteiger partial charge in [0.25, 0.3) is 0 Å². The van der Waals surface area contributed by atoms with Crippen LogP contribution >= 0.6 is 0 Å². The molecule has 23 heavy (non-hydrogen) atoms. The minimum absolute atomic E-state index is 0.0737. The minimum atomic E-state index is -1.26. The van der Waals surface area contributed by atoms with Crippen LogP contribution in [0, 0.1) is 5.82 Å². The Bertz CT molecular complexity index is 681. The fourth-order valence-electron chi connectivity index (χ4n) is 2.55. The maximum atomic E-state index is 13.4. The van der Waals surface area contributed by atoms with Crippen LogP contribution in [0.4, 0.5) is 4.39 Å². The van der Waals surface area contributed by atoms with Crippen LogP contribution in [0.1, 0.15) is 38.3 Å². The molecule has 2 rings (SSSR count). The molecule has 0 saturated carbocycles. The second-order valence-corrected chi connectivity index (χ2v) is 6.50. The highest BCUT2D eigenvalue weighted by Crippen LogP contribution is 2.26. The van der Waals surface area contributed by atoms with Crippen molar-refractivity contribution in [1.82, 2.24) is 5.32 Å². The quantitative estimate of drug-likeness (QED) is 0.887. The molecule has 3 nitrogen and oxygen atoms in total. The van der Waals surface area contributed by atoms with Crippen LogP contribution in [0.2, 0.25) is 0 Å². The molecule has 0 aliphatic carbocycles. The van der Waals surface area contributed by atoms with Gasteiger partial charge in [-0.05, 0) is 44.0 Å². The molecule has 122 valence electrons. The van der Waals surface area contributed by atoms with Gasteiger partial charge in [0.15, 0.2) is 0 Å². The zero-order chi connectivity index (χ0) is 17.1. The third-order valence-electron chi connectivity index (χ3n) is 3.90. The number of hydrogen-bond acceptors (Lipinski definition) is 2. The van der Waals surface area contributed by atoms with E-state index < -0.39 is 11.1 Å². The van der Waals surface area contributed by atoms with E-state index in [9.17, 15) is 14.3 Å². The molecule has 0 radical (unpaired) electrons. The standard InChI is InChI=1S/C19H22FNO2/c1-18(2,15-10-7-11-16(20)12-15)21-17(22)13-19(3,23)14-8-5-4-6-9-14/h4-12,23H,13H2,1-3H3,(H,21,22). The van der Waals surface area contributed by atoms with Gasteiger partial charge in [-0.2, -0.15) is 0 Å². The monoisotopic (exact) mass is 315 g/mol. The van der Waals surface area contributed by atoms with Gasteiger partial charge < -0.3 is 10.4 Å². The lowest BCUT2D eigenvalue weighted by Crippen LogP contribution is -2.43. The molecule has 0 aliphatic heterocycles. The second kappa shape index (κ2) is 6.50. The molecular weight excluding hydrogens is 293 g/mol. The Morgan fingerprint density at radius 3 is 2.26 bits per heavy atom. The van der Waals surface area contributed by atoms with Crippen LogP contribution in [0.25, 0.3) is 0 Å². The topological polar surface area (TPSA) is 49.3 Å². The van der Waals surface area contributed by atoms with Crippen molar-refractivity contribution >= 4 is 5.91 Å². The Labute approximate surface area is 136 Å². The molecule has 2 N–H and O–H groups in total. The summed E-state index contributed by atoms with van der Waals surface area (Å²) in [6, 6.07) is 15.2. The van der Waals surface area contributed by atoms with Crippen LogP contribution in [0.3, 0.4) is 0 Å². The van der Waals surface area contributed by atoms with E-state index in [1.807, 2.05) is 18.2 Å². The van der Waals surface area contributed by atoms with Crippen LogP contribution in [-0.4, -0.2) is 11.0 Å². The van der Waals surface area contributed by atoms with E-state index in [-0.39, 0.29) is 18.1 Å². The number of nitrogens with one attached hydrogen (secondary N) is 1. The van der Waals surface area contributed by atoms with E-state index in [0.717, 1.165) is 0 Å². The van der Waals surface area contributed by atoms with Gasteiger partial charge >= 0.3 is 0 Å². The molecule has 0 aromatic heterocycles. The van der Waals surface area contributed by atoms with E-state index in [0.29, 0.717) is 11.1 Å². The third-order valence-corrected chi connectivity index (χ3v) is 3.90. The molecule has 0 saturated heterocycles. The maximum absolute atomic E-state index is 13.4.